The molecule has 23 heavy (non-hydrogen) atoms. The molecule has 4 nitrogen and oxygen atoms in total. The molecule has 2 rings (SSSR count). The standard InChI is InChI=1S/C17H15Cl2NO3/c18-13-3-1-12(2-4-13)11-23-17(22)10-9-16(21)20-15-7-5-14(19)6-8-15/h1-8H,9-11H2,(H,20,21). The van der Waals surface area contributed by atoms with Crippen LogP contribution < -0.4 is 5.32 Å². The fourth-order valence-electron chi connectivity index (χ4n) is 1.79. The number of rotatable bonds is 6. The lowest BCUT2D eigenvalue weighted by molar-refractivity contribution is -0.145. The summed E-state index contributed by atoms with van der Waals surface area (Å²) in [5, 5.41) is 3.90. The van der Waals surface area contributed by atoms with E-state index in [4.69, 9.17) is 27.9 Å². The molecule has 6 heteroatoms. The van der Waals surface area contributed by atoms with Crippen LogP contribution in [0.1, 0.15) is 18.4 Å². The number of hydrogen-bond acceptors (Lipinski definition) is 3. The second kappa shape index (κ2) is 8.56. The molecule has 0 atom stereocenters. The molecular weight excluding hydrogens is 337 g/mol. The molecular formula is C17H15Cl2NO3. The Bertz CT molecular complexity index is 669. The first-order valence-electron chi connectivity index (χ1n) is 6.98. The zero-order valence-electron chi connectivity index (χ0n) is 12.2. The van der Waals surface area contributed by atoms with Gasteiger partial charge in [-0.05, 0) is 42.0 Å². The topological polar surface area (TPSA) is 55.4 Å². The molecule has 0 aliphatic carbocycles. The van der Waals surface area contributed by atoms with E-state index in [0.717, 1.165) is 5.56 Å². The van der Waals surface area contributed by atoms with Gasteiger partial charge >= 0.3 is 5.97 Å². The summed E-state index contributed by atoms with van der Waals surface area (Å²) in [5.41, 5.74) is 1.47. The highest BCUT2D eigenvalue weighted by Crippen LogP contribution is 2.14. The molecule has 120 valence electrons. The van der Waals surface area contributed by atoms with Gasteiger partial charge in [0.2, 0.25) is 5.91 Å². The molecule has 0 heterocycles. The molecule has 0 fully saturated rings. The van der Waals surface area contributed by atoms with Gasteiger partial charge in [-0.2, -0.15) is 0 Å². The van der Waals surface area contributed by atoms with Gasteiger partial charge in [-0.25, -0.2) is 0 Å². The van der Waals surface area contributed by atoms with Crippen molar-refractivity contribution in [2.75, 3.05) is 5.32 Å². The minimum absolute atomic E-state index is 0.0208. The summed E-state index contributed by atoms with van der Waals surface area (Å²) in [7, 11) is 0. The van der Waals surface area contributed by atoms with Crippen molar-refractivity contribution in [2.45, 2.75) is 19.4 Å². The Balaban J connectivity index is 1.70. The van der Waals surface area contributed by atoms with Crippen molar-refractivity contribution in [2.24, 2.45) is 0 Å². The van der Waals surface area contributed by atoms with Crippen LogP contribution in [0.3, 0.4) is 0 Å². The van der Waals surface area contributed by atoms with Gasteiger partial charge in [0.25, 0.3) is 0 Å². The van der Waals surface area contributed by atoms with E-state index in [0.29, 0.717) is 15.7 Å². The third kappa shape index (κ3) is 6.30. The average Bonchev–Trinajstić information content (AvgIpc) is 2.54. The Kier molecular flexibility index (Phi) is 6.44. The van der Waals surface area contributed by atoms with Gasteiger partial charge in [0.15, 0.2) is 0 Å². The van der Waals surface area contributed by atoms with Crippen molar-refractivity contribution in [1.82, 2.24) is 0 Å². The fraction of sp³-hybridized carbons (Fsp3) is 0.176. The van der Waals surface area contributed by atoms with Gasteiger partial charge in [0.1, 0.15) is 6.61 Å². The van der Waals surface area contributed by atoms with E-state index in [9.17, 15) is 9.59 Å². The van der Waals surface area contributed by atoms with Gasteiger partial charge < -0.3 is 10.1 Å². The largest absolute Gasteiger partial charge is 0.461 e. The summed E-state index contributed by atoms with van der Waals surface area (Å²) in [6.45, 7) is 0.162. The number of carbonyl (C=O) groups excluding carboxylic acids is 2. The van der Waals surface area contributed by atoms with Gasteiger partial charge in [-0.3, -0.25) is 9.59 Å². The summed E-state index contributed by atoms with van der Waals surface area (Å²) in [6, 6.07) is 13.8. The van der Waals surface area contributed by atoms with Crippen LogP contribution in [0, 0.1) is 0 Å². The maximum absolute atomic E-state index is 11.7. The molecule has 0 aromatic heterocycles. The van der Waals surface area contributed by atoms with E-state index in [1.807, 2.05) is 0 Å². The van der Waals surface area contributed by atoms with Crippen LogP contribution >= 0.6 is 23.2 Å². The summed E-state index contributed by atoms with van der Waals surface area (Å²) >= 11 is 11.5. The lowest BCUT2D eigenvalue weighted by Gasteiger charge is -2.06. The number of amides is 1. The minimum Gasteiger partial charge on any atom is -0.461 e. The van der Waals surface area contributed by atoms with Crippen molar-refractivity contribution in [3.63, 3.8) is 0 Å². The molecule has 0 spiro atoms. The highest BCUT2D eigenvalue weighted by molar-refractivity contribution is 6.30. The van der Waals surface area contributed by atoms with Crippen LogP contribution in [-0.4, -0.2) is 11.9 Å². The third-order valence-corrected chi connectivity index (χ3v) is 3.50. The Hall–Kier alpha value is -2.04. The number of esters is 1. The monoisotopic (exact) mass is 351 g/mol. The number of benzene rings is 2. The van der Waals surface area contributed by atoms with Crippen LogP contribution in [0.5, 0.6) is 0 Å². The average molecular weight is 352 g/mol. The lowest BCUT2D eigenvalue weighted by Crippen LogP contribution is -2.14. The highest BCUT2D eigenvalue weighted by Gasteiger charge is 2.09. The predicted octanol–water partition coefficient (Wildman–Crippen LogP) is 4.46. The van der Waals surface area contributed by atoms with E-state index in [2.05, 4.69) is 5.32 Å². The molecule has 2 aromatic carbocycles. The van der Waals surface area contributed by atoms with Crippen LogP contribution in [0.4, 0.5) is 5.69 Å². The van der Waals surface area contributed by atoms with Crippen LogP contribution in [0.25, 0.3) is 0 Å². The molecule has 0 aliphatic rings. The van der Waals surface area contributed by atoms with Gasteiger partial charge in [0, 0.05) is 22.2 Å². The second-order valence-corrected chi connectivity index (χ2v) is 5.72. The van der Waals surface area contributed by atoms with Crippen LogP contribution in [0.15, 0.2) is 48.5 Å². The first-order chi connectivity index (χ1) is 11.0. The lowest BCUT2D eigenvalue weighted by atomic mass is 10.2. The Morgan fingerprint density at radius 1 is 0.870 bits per heavy atom. The summed E-state index contributed by atoms with van der Waals surface area (Å²) in [4.78, 5) is 23.4. The molecule has 0 aliphatic heterocycles. The first-order valence-corrected chi connectivity index (χ1v) is 7.74. The minimum atomic E-state index is -0.425. The number of hydrogen-bond donors (Lipinski definition) is 1. The Morgan fingerprint density at radius 3 is 2.04 bits per heavy atom. The number of nitrogens with one attached hydrogen (secondary N) is 1. The molecule has 0 saturated carbocycles. The van der Waals surface area contributed by atoms with Crippen molar-refractivity contribution < 1.29 is 14.3 Å². The van der Waals surface area contributed by atoms with Gasteiger partial charge in [0.05, 0.1) is 6.42 Å². The van der Waals surface area contributed by atoms with E-state index in [1.54, 1.807) is 48.5 Å². The van der Waals surface area contributed by atoms with Gasteiger partial charge in [-0.1, -0.05) is 35.3 Å². The van der Waals surface area contributed by atoms with Crippen molar-refractivity contribution in [3.05, 3.63) is 64.1 Å². The summed E-state index contributed by atoms with van der Waals surface area (Å²) < 4.78 is 5.10. The molecule has 1 amide bonds. The SMILES string of the molecule is O=C(CCC(=O)OCc1ccc(Cl)cc1)Nc1ccc(Cl)cc1. The van der Waals surface area contributed by atoms with Crippen molar-refractivity contribution in [1.29, 1.82) is 0 Å². The Labute approximate surface area is 144 Å². The van der Waals surface area contributed by atoms with E-state index >= 15 is 0 Å². The maximum Gasteiger partial charge on any atom is 0.306 e. The van der Waals surface area contributed by atoms with E-state index in [-0.39, 0.29) is 25.4 Å². The molecule has 0 unspecified atom stereocenters. The van der Waals surface area contributed by atoms with Crippen molar-refractivity contribution in [3.8, 4) is 0 Å². The molecule has 2 aromatic rings. The van der Waals surface area contributed by atoms with Gasteiger partial charge in [-0.15, -0.1) is 0 Å². The number of anilines is 1. The fourth-order valence-corrected chi connectivity index (χ4v) is 2.04. The summed E-state index contributed by atoms with van der Waals surface area (Å²) in [6.07, 6.45) is 0.0785. The first kappa shape index (κ1) is 17.3. The summed E-state index contributed by atoms with van der Waals surface area (Å²) in [5.74, 6) is -0.679. The smallest absolute Gasteiger partial charge is 0.306 e. The van der Waals surface area contributed by atoms with Crippen LogP contribution in [0.2, 0.25) is 10.0 Å². The molecule has 0 saturated heterocycles. The van der Waals surface area contributed by atoms with Crippen LogP contribution in [-0.2, 0) is 20.9 Å². The quantitative estimate of drug-likeness (QED) is 0.781. The zero-order valence-corrected chi connectivity index (χ0v) is 13.7. The number of halogens is 2. The zero-order chi connectivity index (χ0) is 16.7. The van der Waals surface area contributed by atoms with Crippen molar-refractivity contribution >= 4 is 40.8 Å². The molecule has 0 bridgehead atoms. The molecule has 0 radical (unpaired) electrons. The second-order valence-electron chi connectivity index (χ2n) is 4.84. The number of ether oxygens (including phenoxy) is 1. The normalized spacial score (nSPS) is 10.2. The third-order valence-electron chi connectivity index (χ3n) is 3.00. The maximum atomic E-state index is 11.7. The highest BCUT2D eigenvalue weighted by atomic mass is 35.5. The molecule has 1 N–H and O–H groups in total. The number of carbonyl (C=O) groups is 2. The predicted molar refractivity (Wildman–Crippen MR) is 90.6 cm³/mol. The van der Waals surface area contributed by atoms with E-state index in [1.165, 1.54) is 0 Å². The van der Waals surface area contributed by atoms with E-state index < -0.39 is 5.97 Å². The Morgan fingerprint density at radius 2 is 1.43 bits per heavy atom.